The lowest BCUT2D eigenvalue weighted by atomic mass is 10.2. The van der Waals surface area contributed by atoms with Crippen molar-refractivity contribution in [3.8, 4) is 0 Å². The standard InChI is InChI=1S/C15H19N5O2/c1-9-2-3-10-5-13(20-12(10)4-9)15(22)16-8-14(21)19-11-6-17-18-7-11/h2-5,11,17-18,20H,6-8H2,1H3,(H,16,22)(H,19,21). The molecule has 0 bridgehead atoms. The maximum absolute atomic E-state index is 12.1. The van der Waals surface area contributed by atoms with Gasteiger partial charge in [0.1, 0.15) is 5.69 Å². The minimum atomic E-state index is -0.285. The first-order valence-corrected chi connectivity index (χ1v) is 7.24. The van der Waals surface area contributed by atoms with Gasteiger partial charge in [-0.3, -0.25) is 20.4 Å². The van der Waals surface area contributed by atoms with Crippen molar-refractivity contribution < 1.29 is 9.59 Å². The average Bonchev–Trinajstić information content (AvgIpc) is 3.13. The van der Waals surface area contributed by atoms with Crippen LogP contribution in [0.15, 0.2) is 24.3 Å². The molecule has 1 aromatic carbocycles. The van der Waals surface area contributed by atoms with Gasteiger partial charge in [0.05, 0.1) is 12.6 Å². The highest BCUT2D eigenvalue weighted by Gasteiger charge is 2.17. The van der Waals surface area contributed by atoms with Crippen LogP contribution < -0.4 is 21.5 Å². The summed E-state index contributed by atoms with van der Waals surface area (Å²) in [6.45, 7) is 3.32. The molecule has 1 aliphatic heterocycles. The molecule has 0 saturated carbocycles. The van der Waals surface area contributed by atoms with Crippen LogP contribution in [0.4, 0.5) is 0 Å². The number of H-pyrrole nitrogens is 1. The van der Waals surface area contributed by atoms with Crippen LogP contribution in [-0.2, 0) is 4.79 Å². The predicted octanol–water partition coefficient (Wildman–Crippen LogP) is -0.201. The molecule has 5 N–H and O–H groups in total. The van der Waals surface area contributed by atoms with E-state index in [1.54, 1.807) is 6.07 Å². The smallest absolute Gasteiger partial charge is 0.268 e. The van der Waals surface area contributed by atoms with E-state index in [1.165, 1.54) is 0 Å². The zero-order valence-corrected chi connectivity index (χ0v) is 12.3. The van der Waals surface area contributed by atoms with E-state index in [0.717, 1.165) is 16.5 Å². The molecule has 3 rings (SSSR count). The first-order chi connectivity index (χ1) is 10.6. The number of rotatable bonds is 4. The number of aromatic nitrogens is 1. The van der Waals surface area contributed by atoms with Gasteiger partial charge in [-0.25, -0.2) is 0 Å². The van der Waals surface area contributed by atoms with Gasteiger partial charge in [0.25, 0.3) is 5.91 Å². The van der Waals surface area contributed by atoms with Crippen LogP contribution in [0.25, 0.3) is 10.9 Å². The van der Waals surface area contributed by atoms with Crippen molar-refractivity contribution in [1.82, 2.24) is 26.5 Å². The van der Waals surface area contributed by atoms with Gasteiger partial charge in [-0.2, -0.15) is 0 Å². The minimum absolute atomic E-state index is 0.0380. The summed E-state index contributed by atoms with van der Waals surface area (Å²) in [6, 6.07) is 7.78. The Morgan fingerprint density at radius 2 is 2.00 bits per heavy atom. The fourth-order valence-electron chi connectivity index (χ4n) is 2.46. The summed E-state index contributed by atoms with van der Waals surface area (Å²) in [5, 5.41) is 6.43. The molecule has 2 aromatic rings. The van der Waals surface area contributed by atoms with Crippen molar-refractivity contribution in [2.75, 3.05) is 19.6 Å². The SMILES string of the molecule is Cc1ccc2cc(C(=O)NCC(=O)NC3CNNC3)[nH]c2c1. The second-order valence-electron chi connectivity index (χ2n) is 5.48. The van der Waals surface area contributed by atoms with Crippen LogP contribution >= 0.6 is 0 Å². The maximum Gasteiger partial charge on any atom is 0.268 e. The Morgan fingerprint density at radius 3 is 2.77 bits per heavy atom. The third-order valence-corrected chi connectivity index (χ3v) is 3.62. The van der Waals surface area contributed by atoms with Crippen LogP contribution in [0.3, 0.4) is 0 Å². The molecule has 7 heteroatoms. The van der Waals surface area contributed by atoms with E-state index >= 15 is 0 Å². The fourth-order valence-corrected chi connectivity index (χ4v) is 2.46. The normalized spacial score (nSPS) is 15.1. The molecule has 2 amide bonds. The van der Waals surface area contributed by atoms with Gasteiger partial charge in [0.2, 0.25) is 5.91 Å². The topological polar surface area (TPSA) is 98.1 Å². The Kier molecular flexibility index (Phi) is 4.08. The summed E-state index contributed by atoms with van der Waals surface area (Å²) < 4.78 is 0. The molecule has 22 heavy (non-hydrogen) atoms. The molecule has 7 nitrogen and oxygen atoms in total. The van der Waals surface area contributed by atoms with Crippen molar-refractivity contribution in [3.05, 3.63) is 35.5 Å². The lowest BCUT2D eigenvalue weighted by molar-refractivity contribution is -0.120. The molecule has 116 valence electrons. The number of carbonyl (C=O) groups is 2. The molecule has 0 aliphatic carbocycles. The molecule has 1 aliphatic rings. The third-order valence-electron chi connectivity index (χ3n) is 3.62. The maximum atomic E-state index is 12.1. The van der Waals surface area contributed by atoms with E-state index in [9.17, 15) is 9.59 Å². The lowest BCUT2D eigenvalue weighted by Gasteiger charge is -2.10. The van der Waals surface area contributed by atoms with E-state index < -0.39 is 0 Å². The highest BCUT2D eigenvalue weighted by molar-refractivity contribution is 5.99. The predicted molar refractivity (Wildman–Crippen MR) is 83.3 cm³/mol. The van der Waals surface area contributed by atoms with Gasteiger partial charge in [0, 0.05) is 24.0 Å². The Balaban J connectivity index is 1.57. The highest BCUT2D eigenvalue weighted by Crippen LogP contribution is 2.16. The molecule has 1 saturated heterocycles. The van der Waals surface area contributed by atoms with Crippen LogP contribution in [0.5, 0.6) is 0 Å². The largest absolute Gasteiger partial charge is 0.351 e. The van der Waals surface area contributed by atoms with Crippen LogP contribution in [-0.4, -0.2) is 42.5 Å². The van der Waals surface area contributed by atoms with Gasteiger partial charge in [-0.05, 0) is 24.6 Å². The zero-order valence-electron chi connectivity index (χ0n) is 12.3. The van der Waals surface area contributed by atoms with Gasteiger partial charge >= 0.3 is 0 Å². The second-order valence-corrected chi connectivity index (χ2v) is 5.48. The molecule has 2 heterocycles. The number of amides is 2. The summed E-state index contributed by atoms with van der Waals surface area (Å²) >= 11 is 0. The van der Waals surface area contributed by atoms with E-state index in [2.05, 4.69) is 26.5 Å². The van der Waals surface area contributed by atoms with Gasteiger partial charge < -0.3 is 15.6 Å². The number of benzene rings is 1. The Hall–Kier alpha value is -2.38. The van der Waals surface area contributed by atoms with E-state index in [-0.39, 0.29) is 24.4 Å². The Labute approximate surface area is 127 Å². The molecule has 0 spiro atoms. The number of fused-ring (bicyclic) bond motifs is 1. The fraction of sp³-hybridized carbons (Fsp3) is 0.333. The molecule has 0 atom stereocenters. The van der Waals surface area contributed by atoms with Gasteiger partial charge in [-0.15, -0.1) is 0 Å². The van der Waals surface area contributed by atoms with Crippen LogP contribution in [0.2, 0.25) is 0 Å². The van der Waals surface area contributed by atoms with Crippen molar-refractivity contribution in [1.29, 1.82) is 0 Å². The van der Waals surface area contributed by atoms with Crippen LogP contribution in [0, 0.1) is 6.92 Å². The molecule has 1 aromatic heterocycles. The summed E-state index contributed by atoms with van der Waals surface area (Å²) in [7, 11) is 0. The Bertz CT molecular complexity index is 703. The summed E-state index contributed by atoms with van der Waals surface area (Å²) in [4.78, 5) is 26.9. The lowest BCUT2D eigenvalue weighted by Crippen LogP contribution is -2.44. The van der Waals surface area contributed by atoms with Crippen molar-refractivity contribution in [2.24, 2.45) is 0 Å². The van der Waals surface area contributed by atoms with Crippen molar-refractivity contribution in [3.63, 3.8) is 0 Å². The minimum Gasteiger partial charge on any atom is -0.351 e. The molecule has 0 unspecified atom stereocenters. The number of hydrazine groups is 1. The Morgan fingerprint density at radius 1 is 1.23 bits per heavy atom. The second kappa shape index (κ2) is 6.17. The summed E-state index contributed by atoms with van der Waals surface area (Å²) in [5.74, 6) is -0.484. The number of aromatic amines is 1. The van der Waals surface area contributed by atoms with Gasteiger partial charge in [0.15, 0.2) is 0 Å². The van der Waals surface area contributed by atoms with Gasteiger partial charge in [-0.1, -0.05) is 12.1 Å². The first-order valence-electron chi connectivity index (χ1n) is 7.24. The molecule has 0 radical (unpaired) electrons. The summed E-state index contributed by atoms with van der Waals surface area (Å²) in [5.41, 5.74) is 8.36. The number of nitrogens with one attached hydrogen (secondary N) is 5. The molecular weight excluding hydrogens is 282 g/mol. The van der Waals surface area contributed by atoms with E-state index in [4.69, 9.17) is 0 Å². The highest BCUT2D eigenvalue weighted by atomic mass is 16.2. The van der Waals surface area contributed by atoms with Crippen molar-refractivity contribution >= 4 is 22.7 Å². The average molecular weight is 301 g/mol. The number of carbonyl (C=O) groups excluding carboxylic acids is 2. The third kappa shape index (κ3) is 3.26. The number of hydrogen-bond donors (Lipinski definition) is 5. The quantitative estimate of drug-likeness (QED) is 0.540. The summed E-state index contributed by atoms with van der Waals surface area (Å²) in [6.07, 6.45) is 0. The molecule has 1 fully saturated rings. The van der Waals surface area contributed by atoms with Crippen LogP contribution in [0.1, 0.15) is 16.1 Å². The first kappa shape index (κ1) is 14.6. The number of hydrogen-bond acceptors (Lipinski definition) is 4. The van der Waals surface area contributed by atoms with E-state index in [0.29, 0.717) is 18.8 Å². The monoisotopic (exact) mass is 301 g/mol. The molecular formula is C15H19N5O2. The van der Waals surface area contributed by atoms with Crippen molar-refractivity contribution in [2.45, 2.75) is 13.0 Å². The zero-order chi connectivity index (χ0) is 15.5. The van der Waals surface area contributed by atoms with E-state index in [1.807, 2.05) is 25.1 Å². The number of aryl methyl sites for hydroxylation is 1.